The molecule has 7 heteroatoms. The summed E-state index contributed by atoms with van der Waals surface area (Å²) in [6, 6.07) is 15.2. The Morgan fingerprint density at radius 3 is 2.50 bits per heavy atom. The van der Waals surface area contributed by atoms with Crippen molar-refractivity contribution in [1.82, 2.24) is 4.90 Å². The van der Waals surface area contributed by atoms with E-state index in [0.717, 1.165) is 5.56 Å². The topological polar surface area (TPSA) is 99.5 Å². The molecule has 0 unspecified atom stereocenters. The van der Waals surface area contributed by atoms with Gasteiger partial charge in [0, 0.05) is 12.7 Å². The van der Waals surface area contributed by atoms with Crippen LogP contribution in [-0.4, -0.2) is 42.4 Å². The Morgan fingerprint density at radius 1 is 1.18 bits per heavy atom. The highest BCUT2D eigenvalue weighted by atomic mass is 16.5. The third-order valence-electron chi connectivity index (χ3n) is 3.95. The fourth-order valence-corrected chi connectivity index (χ4v) is 2.44. The van der Waals surface area contributed by atoms with Crippen LogP contribution in [0.1, 0.15) is 28.4 Å². The highest BCUT2D eigenvalue weighted by Crippen LogP contribution is 2.10. The molecule has 0 fully saturated rings. The van der Waals surface area contributed by atoms with E-state index in [1.54, 1.807) is 24.3 Å². The van der Waals surface area contributed by atoms with E-state index < -0.39 is 18.0 Å². The lowest BCUT2D eigenvalue weighted by Crippen LogP contribution is -2.41. The van der Waals surface area contributed by atoms with Gasteiger partial charge in [-0.15, -0.1) is 0 Å². The van der Waals surface area contributed by atoms with Crippen LogP contribution in [0.2, 0.25) is 0 Å². The predicted molar refractivity (Wildman–Crippen MR) is 103 cm³/mol. The lowest BCUT2D eigenvalue weighted by molar-refractivity contribution is -0.140. The quantitative estimate of drug-likeness (QED) is 0.778. The van der Waals surface area contributed by atoms with Crippen molar-refractivity contribution in [3.8, 4) is 6.07 Å². The summed E-state index contributed by atoms with van der Waals surface area (Å²) in [7, 11) is 1.46. The third kappa shape index (κ3) is 5.68. The predicted octanol–water partition coefficient (Wildman–Crippen LogP) is 2.51. The monoisotopic (exact) mass is 379 g/mol. The number of nitrogens with zero attached hydrogens (tertiary/aromatic N) is 2. The minimum absolute atomic E-state index is 0.179. The minimum Gasteiger partial charge on any atom is -0.449 e. The molecule has 2 aromatic rings. The van der Waals surface area contributed by atoms with Gasteiger partial charge < -0.3 is 15.0 Å². The van der Waals surface area contributed by atoms with Crippen molar-refractivity contribution in [2.45, 2.75) is 20.0 Å². The van der Waals surface area contributed by atoms with Gasteiger partial charge in [0.25, 0.3) is 5.91 Å². The fourth-order valence-electron chi connectivity index (χ4n) is 2.44. The molecule has 1 N–H and O–H groups in total. The van der Waals surface area contributed by atoms with Crippen LogP contribution in [0.5, 0.6) is 0 Å². The van der Waals surface area contributed by atoms with E-state index in [1.165, 1.54) is 31.0 Å². The van der Waals surface area contributed by atoms with Crippen LogP contribution in [0.4, 0.5) is 5.69 Å². The summed E-state index contributed by atoms with van der Waals surface area (Å²) < 4.78 is 5.16. The highest BCUT2D eigenvalue weighted by molar-refractivity contribution is 5.96. The Hall–Kier alpha value is -3.66. The first-order chi connectivity index (χ1) is 13.3. The lowest BCUT2D eigenvalue weighted by atomic mass is 10.1. The van der Waals surface area contributed by atoms with Gasteiger partial charge in [0.05, 0.1) is 23.7 Å². The third-order valence-corrected chi connectivity index (χ3v) is 3.95. The van der Waals surface area contributed by atoms with Crippen molar-refractivity contribution in [3.05, 3.63) is 65.2 Å². The summed E-state index contributed by atoms with van der Waals surface area (Å²) in [6.45, 7) is 3.19. The molecule has 7 nitrogen and oxygen atoms in total. The van der Waals surface area contributed by atoms with Gasteiger partial charge in [-0.1, -0.05) is 23.8 Å². The number of amides is 2. The maximum atomic E-state index is 12.4. The number of carbonyl (C=O) groups is 3. The molecule has 0 aliphatic carbocycles. The molecule has 28 heavy (non-hydrogen) atoms. The van der Waals surface area contributed by atoms with E-state index in [4.69, 9.17) is 10.00 Å². The average Bonchev–Trinajstić information content (AvgIpc) is 2.68. The van der Waals surface area contributed by atoms with Crippen molar-refractivity contribution in [3.63, 3.8) is 0 Å². The molecule has 0 aliphatic rings. The van der Waals surface area contributed by atoms with Crippen molar-refractivity contribution in [2.24, 2.45) is 0 Å². The molecule has 2 aromatic carbocycles. The zero-order valence-corrected chi connectivity index (χ0v) is 15.9. The smallest absolute Gasteiger partial charge is 0.338 e. The molecule has 2 rings (SSSR count). The van der Waals surface area contributed by atoms with Crippen LogP contribution in [-0.2, 0) is 14.3 Å². The average molecular weight is 379 g/mol. The second kappa shape index (κ2) is 9.33. The Balaban J connectivity index is 1.90. The first-order valence-corrected chi connectivity index (χ1v) is 8.63. The maximum absolute atomic E-state index is 12.4. The van der Waals surface area contributed by atoms with Crippen molar-refractivity contribution >= 4 is 23.5 Å². The van der Waals surface area contributed by atoms with Gasteiger partial charge in [0.15, 0.2) is 6.10 Å². The number of hydrogen-bond donors (Lipinski definition) is 1. The van der Waals surface area contributed by atoms with E-state index in [1.807, 2.05) is 25.1 Å². The standard InChI is InChI=1S/C21H21N3O4/c1-14-7-9-18(10-8-14)23-19(25)13-24(3)20(26)15(2)28-21(27)17-6-4-5-16(11-17)12-22/h4-11,15H,13H2,1-3H3,(H,23,25)/t15-/m1/s1. The van der Waals surface area contributed by atoms with E-state index in [-0.39, 0.29) is 18.0 Å². The van der Waals surface area contributed by atoms with E-state index in [9.17, 15) is 14.4 Å². The Labute approximate surface area is 163 Å². The number of hydrogen-bond acceptors (Lipinski definition) is 5. The summed E-state index contributed by atoms with van der Waals surface area (Å²) >= 11 is 0. The van der Waals surface area contributed by atoms with Crippen LogP contribution in [0.15, 0.2) is 48.5 Å². The molecule has 0 saturated heterocycles. The van der Waals surface area contributed by atoms with Crippen LogP contribution in [0.25, 0.3) is 0 Å². The molecule has 0 saturated carbocycles. The van der Waals surface area contributed by atoms with Gasteiger partial charge in [-0.3, -0.25) is 9.59 Å². The first-order valence-electron chi connectivity index (χ1n) is 8.63. The number of carbonyl (C=O) groups excluding carboxylic acids is 3. The molecule has 0 aromatic heterocycles. The largest absolute Gasteiger partial charge is 0.449 e. The van der Waals surface area contributed by atoms with Gasteiger partial charge in [0.1, 0.15) is 0 Å². The number of nitriles is 1. The van der Waals surface area contributed by atoms with E-state index >= 15 is 0 Å². The molecule has 0 bridgehead atoms. The zero-order chi connectivity index (χ0) is 20.7. The summed E-state index contributed by atoms with van der Waals surface area (Å²) in [5.41, 5.74) is 2.20. The fraction of sp³-hybridized carbons (Fsp3) is 0.238. The number of aryl methyl sites for hydroxylation is 1. The van der Waals surface area contributed by atoms with Gasteiger partial charge >= 0.3 is 5.97 Å². The summed E-state index contributed by atoms with van der Waals surface area (Å²) in [4.78, 5) is 37.8. The minimum atomic E-state index is -1.07. The van der Waals surface area contributed by atoms with Crippen molar-refractivity contribution in [1.29, 1.82) is 5.26 Å². The number of nitrogens with one attached hydrogen (secondary N) is 1. The van der Waals surface area contributed by atoms with E-state index in [0.29, 0.717) is 11.3 Å². The number of likely N-dealkylation sites (N-methyl/N-ethyl adjacent to an activating group) is 1. The normalized spacial score (nSPS) is 11.1. The molecule has 0 radical (unpaired) electrons. The molecule has 0 heterocycles. The summed E-state index contributed by atoms with van der Waals surface area (Å²) in [6.07, 6.45) is -1.07. The second-order valence-corrected chi connectivity index (χ2v) is 6.35. The van der Waals surface area contributed by atoms with E-state index in [2.05, 4.69) is 5.32 Å². The van der Waals surface area contributed by atoms with Gasteiger partial charge in [-0.2, -0.15) is 5.26 Å². The number of esters is 1. The SMILES string of the molecule is Cc1ccc(NC(=O)CN(C)C(=O)[C@@H](C)OC(=O)c2cccc(C#N)c2)cc1. The van der Waals surface area contributed by atoms with Gasteiger partial charge in [0.2, 0.25) is 5.91 Å². The second-order valence-electron chi connectivity index (χ2n) is 6.35. The van der Waals surface area contributed by atoms with Gasteiger partial charge in [-0.25, -0.2) is 4.79 Å². The van der Waals surface area contributed by atoms with Crippen LogP contribution < -0.4 is 5.32 Å². The summed E-state index contributed by atoms with van der Waals surface area (Å²) in [5.74, 6) is -1.58. The van der Waals surface area contributed by atoms with Crippen LogP contribution in [0, 0.1) is 18.3 Å². The van der Waals surface area contributed by atoms with Crippen molar-refractivity contribution < 1.29 is 19.1 Å². The maximum Gasteiger partial charge on any atom is 0.338 e. The molecule has 2 amide bonds. The first kappa shape index (κ1) is 20.6. The number of rotatable bonds is 6. The number of anilines is 1. The number of ether oxygens (including phenoxy) is 1. The van der Waals surface area contributed by atoms with Crippen LogP contribution in [0.3, 0.4) is 0 Å². The Bertz CT molecular complexity index is 916. The molecule has 1 atom stereocenters. The molecule has 0 aliphatic heterocycles. The molecular formula is C21H21N3O4. The zero-order valence-electron chi connectivity index (χ0n) is 15.9. The molecule has 144 valence electrons. The summed E-state index contributed by atoms with van der Waals surface area (Å²) in [5, 5.41) is 11.6. The van der Waals surface area contributed by atoms with Crippen molar-refractivity contribution in [2.75, 3.05) is 18.9 Å². The lowest BCUT2D eigenvalue weighted by Gasteiger charge is -2.21. The highest BCUT2D eigenvalue weighted by Gasteiger charge is 2.23. The Kier molecular flexibility index (Phi) is 6.88. The Morgan fingerprint density at radius 2 is 1.86 bits per heavy atom. The molecular weight excluding hydrogens is 358 g/mol. The van der Waals surface area contributed by atoms with Gasteiger partial charge in [-0.05, 0) is 44.2 Å². The molecule has 0 spiro atoms. The van der Waals surface area contributed by atoms with Crippen LogP contribution >= 0.6 is 0 Å². The number of benzene rings is 2.